The Kier molecular flexibility index (Phi) is 4.75. The third kappa shape index (κ3) is 3.41. The Hall–Kier alpha value is -2.44. The average molecular weight is 305 g/mol. The Morgan fingerprint density at radius 3 is 2.82 bits per heavy atom. The van der Waals surface area contributed by atoms with Crippen LogP contribution in [0.1, 0.15) is 32.3 Å². The molecule has 1 aliphatic rings. The number of hydrogen-bond donors (Lipinski definition) is 1. The van der Waals surface area contributed by atoms with Crippen LogP contribution in [0.15, 0.2) is 18.2 Å². The van der Waals surface area contributed by atoms with Gasteiger partial charge in [0.05, 0.1) is 4.92 Å². The number of rotatable bonds is 5. The van der Waals surface area contributed by atoms with Crippen molar-refractivity contribution in [2.45, 2.75) is 39.2 Å². The molecule has 1 heterocycles. The van der Waals surface area contributed by atoms with E-state index in [1.165, 1.54) is 17.0 Å². The minimum atomic E-state index is -0.462. The van der Waals surface area contributed by atoms with Crippen LogP contribution in [0, 0.1) is 10.1 Å². The zero-order chi connectivity index (χ0) is 16.3. The van der Waals surface area contributed by atoms with Crippen molar-refractivity contribution < 1.29 is 14.5 Å². The SMILES string of the molecule is CCC(C)NC(=O)CN1C(=O)CCc2cc([N+](=O)[O-])ccc21. The summed E-state index contributed by atoms with van der Waals surface area (Å²) < 4.78 is 0. The van der Waals surface area contributed by atoms with Crippen LogP contribution < -0.4 is 10.2 Å². The van der Waals surface area contributed by atoms with Gasteiger partial charge >= 0.3 is 0 Å². The van der Waals surface area contributed by atoms with E-state index in [-0.39, 0.29) is 36.5 Å². The number of amides is 2. The quantitative estimate of drug-likeness (QED) is 0.663. The minimum Gasteiger partial charge on any atom is -0.352 e. The smallest absolute Gasteiger partial charge is 0.269 e. The Bertz CT molecular complexity index is 615. The summed E-state index contributed by atoms with van der Waals surface area (Å²) in [5, 5.41) is 13.6. The first-order chi connectivity index (χ1) is 10.4. The number of carbonyl (C=O) groups excluding carboxylic acids is 2. The Morgan fingerprint density at radius 1 is 1.45 bits per heavy atom. The van der Waals surface area contributed by atoms with Gasteiger partial charge in [0.25, 0.3) is 5.69 Å². The third-order valence-electron chi connectivity index (χ3n) is 3.80. The molecule has 7 nitrogen and oxygen atoms in total. The van der Waals surface area contributed by atoms with Gasteiger partial charge in [-0.3, -0.25) is 19.7 Å². The van der Waals surface area contributed by atoms with Crippen LogP contribution in [0.25, 0.3) is 0 Å². The van der Waals surface area contributed by atoms with Crippen molar-refractivity contribution in [3.8, 4) is 0 Å². The van der Waals surface area contributed by atoms with Gasteiger partial charge in [-0.2, -0.15) is 0 Å². The van der Waals surface area contributed by atoms with Crippen LogP contribution in [-0.2, 0) is 16.0 Å². The maximum absolute atomic E-state index is 12.1. The van der Waals surface area contributed by atoms with Gasteiger partial charge in [0.15, 0.2) is 0 Å². The molecule has 2 rings (SSSR count). The first-order valence-corrected chi connectivity index (χ1v) is 7.29. The molecule has 0 spiro atoms. The largest absolute Gasteiger partial charge is 0.352 e. The molecule has 1 unspecified atom stereocenters. The lowest BCUT2D eigenvalue weighted by molar-refractivity contribution is -0.384. The van der Waals surface area contributed by atoms with E-state index in [0.717, 1.165) is 12.0 Å². The lowest BCUT2D eigenvalue weighted by atomic mass is 10.0. The highest BCUT2D eigenvalue weighted by atomic mass is 16.6. The molecule has 0 aliphatic carbocycles. The first-order valence-electron chi connectivity index (χ1n) is 7.29. The van der Waals surface area contributed by atoms with Gasteiger partial charge in [0.1, 0.15) is 6.54 Å². The summed E-state index contributed by atoms with van der Waals surface area (Å²) in [5.74, 6) is -0.366. The molecule has 0 saturated carbocycles. The van der Waals surface area contributed by atoms with Gasteiger partial charge in [0.2, 0.25) is 11.8 Å². The molecule has 1 atom stereocenters. The number of nitro groups is 1. The molecule has 1 aromatic rings. The first kappa shape index (κ1) is 15.9. The lowest BCUT2D eigenvalue weighted by Gasteiger charge is -2.29. The minimum absolute atomic E-state index is 0.00268. The number of fused-ring (bicyclic) bond motifs is 1. The molecule has 0 saturated heterocycles. The van der Waals surface area contributed by atoms with Gasteiger partial charge in [-0.25, -0.2) is 0 Å². The third-order valence-corrected chi connectivity index (χ3v) is 3.80. The molecular formula is C15H19N3O4. The fourth-order valence-electron chi connectivity index (χ4n) is 2.40. The Balaban J connectivity index is 2.21. The predicted octanol–water partition coefficient (Wildman–Crippen LogP) is 1.79. The number of hydrogen-bond acceptors (Lipinski definition) is 4. The van der Waals surface area contributed by atoms with Crippen LogP contribution >= 0.6 is 0 Å². The van der Waals surface area contributed by atoms with Crippen LogP contribution in [0.5, 0.6) is 0 Å². The number of non-ortho nitro benzene ring substituents is 1. The highest BCUT2D eigenvalue weighted by Crippen LogP contribution is 2.30. The highest BCUT2D eigenvalue weighted by molar-refractivity contribution is 6.01. The summed E-state index contributed by atoms with van der Waals surface area (Å²) >= 11 is 0. The maximum atomic E-state index is 12.1. The second-order valence-electron chi connectivity index (χ2n) is 5.43. The van der Waals surface area contributed by atoms with Gasteiger partial charge in [-0.1, -0.05) is 6.92 Å². The van der Waals surface area contributed by atoms with E-state index < -0.39 is 4.92 Å². The van der Waals surface area contributed by atoms with Crippen LogP contribution in [0.4, 0.5) is 11.4 Å². The Labute approximate surface area is 128 Å². The topological polar surface area (TPSA) is 92.6 Å². The molecule has 1 N–H and O–H groups in total. The second kappa shape index (κ2) is 6.55. The lowest BCUT2D eigenvalue weighted by Crippen LogP contribution is -2.45. The van der Waals surface area contributed by atoms with E-state index in [4.69, 9.17) is 0 Å². The zero-order valence-electron chi connectivity index (χ0n) is 12.7. The second-order valence-corrected chi connectivity index (χ2v) is 5.43. The summed E-state index contributed by atoms with van der Waals surface area (Å²) in [7, 11) is 0. The molecular weight excluding hydrogens is 286 g/mol. The summed E-state index contributed by atoms with van der Waals surface area (Å²) in [6.07, 6.45) is 1.52. The monoisotopic (exact) mass is 305 g/mol. The van der Waals surface area contributed by atoms with E-state index in [0.29, 0.717) is 12.1 Å². The van der Waals surface area contributed by atoms with Crippen molar-refractivity contribution in [3.05, 3.63) is 33.9 Å². The molecule has 22 heavy (non-hydrogen) atoms. The van der Waals surface area contributed by atoms with Crippen molar-refractivity contribution in [2.75, 3.05) is 11.4 Å². The Morgan fingerprint density at radius 2 is 2.18 bits per heavy atom. The fraction of sp³-hybridized carbons (Fsp3) is 0.467. The van der Waals surface area contributed by atoms with Crippen molar-refractivity contribution in [2.24, 2.45) is 0 Å². The standard InChI is InChI=1S/C15H19N3O4/c1-3-10(2)16-14(19)9-17-13-6-5-12(18(21)22)8-11(13)4-7-15(17)20/h5-6,8,10H,3-4,7,9H2,1-2H3,(H,16,19). The van der Waals surface area contributed by atoms with Gasteiger partial charge in [-0.15, -0.1) is 0 Å². The predicted molar refractivity (Wildman–Crippen MR) is 81.7 cm³/mol. The van der Waals surface area contributed by atoms with Crippen molar-refractivity contribution in [1.82, 2.24) is 5.32 Å². The van der Waals surface area contributed by atoms with Crippen LogP contribution in [0.3, 0.4) is 0 Å². The van der Waals surface area contributed by atoms with E-state index >= 15 is 0 Å². The van der Waals surface area contributed by atoms with E-state index in [1.54, 1.807) is 6.07 Å². The number of aryl methyl sites for hydroxylation is 1. The summed E-state index contributed by atoms with van der Waals surface area (Å²) in [6, 6.07) is 4.42. The zero-order valence-corrected chi connectivity index (χ0v) is 12.7. The van der Waals surface area contributed by atoms with E-state index in [2.05, 4.69) is 5.32 Å². The number of anilines is 1. The summed E-state index contributed by atoms with van der Waals surface area (Å²) in [6.45, 7) is 3.80. The molecule has 2 amide bonds. The number of benzene rings is 1. The van der Waals surface area contributed by atoms with Crippen LogP contribution in [0.2, 0.25) is 0 Å². The molecule has 0 bridgehead atoms. The fourth-order valence-corrected chi connectivity index (χ4v) is 2.40. The molecule has 0 aromatic heterocycles. The van der Waals surface area contributed by atoms with Gasteiger partial charge in [0, 0.05) is 30.3 Å². The molecule has 0 fully saturated rings. The summed E-state index contributed by atoms with van der Waals surface area (Å²) in [5.41, 5.74) is 1.31. The van der Waals surface area contributed by atoms with Crippen molar-refractivity contribution in [1.29, 1.82) is 0 Å². The average Bonchev–Trinajstić information content (AvgIpc) is 2.49. The summed E-state index contributed by atoms with van der Waals surface area (Å²) in [4.78, 5) is 35.8. The molecule has 118 valence electrons. The molecule has 7 heteroatoms. The normalized spacial score (nSPS) is 15.2. The van der Waals surface area contributed by atoms with E-state index in [1.807, 2.05) is 13.8 Å². The number of carbonyl (C=O) groups is 2. The van der Waals surface area contributed by atoms with Crippen molar-refractivity contribution in [3.63, 3.8) is 0 Å². The maximum Gasteiger partial charge on any atom is 0.269 e. The van der Waals surface area contributed by atoms with Crippen LogP contribution in [-0.4, -0.2) is 29.3 Å². The van der Waals surface area contributed by atoms with Gasteiger partial charge < -0.3 is 10.2 Å². The number of nitro benzene ring substituents is 1. The van der Waals surface area contributed by atoms with Crippen molar-refractivity contribution >= 4 is 23.2 Å². The van der Waals surface area contributed by atoms with E-state index in [9.17, 15) is 19.7 Å². The molecule has 1 aliphatic heterocycles. The van der Waals surface area contributed by atoms with Gasteiger partial charge in [-0.05, 0) is 31.4 Å². The molecule has 1 aromatic carbocycles. The number of nitrogens with zero attached hydrogens (tertiary/aromatic N) is 2. The molecule has 0 radical (unpaired) electrons. The highest BCUT2D eigenvalue weighted by Gasteiger charge is 2.27. The number of nitrogens with one attached hydrogen (secondary N) is 1.